The highest BCUT2D eigenvalue weighted by Gasteiger charge is 2.64. The van der Waals surface area contributed by atoms with Crippen molar-refractivity contribution in [2.75, 3.05) is 13.2 Å². The van der Waals surface area contributed by atoms with Crippen molar-refractivity contribution < 1.29 is 74.1 Å². The molecule has 0 aromatic carbocycles. The highest BCUT2D eigenvalue weighted by Crippen LogP contribution is 2.67. The van der Waals surface area contributed by atoms with Crippen molar-refractivity contribution in [3.63, 3.8) is 0 Å². The summed E-state index contributed by atoms with van der Waals surface area (Å²) in [4.78, 5) is 26.9. The van der Waals surface area contributed by atoms with Crippen molar-refractivity contribution in [2.45, 2.75) is 165 Å². The maximum Gasteiger partial charge on any atom is 0.334 e. The van der Waals surface area contributed by atoms with Gasteiger partial charge >= 0.3 is 5.97 Å². The van der Waals surface area contributed by atoms with E-state index in [2.05, 4.69) is 13.0 Å². The molecule has 7 rings (SSSR count). The number of rotatable bonds is 8. The lowest BCUT2D eigenvalue weighted by Crippen LogP contribution is -2.62. The van der Waals surface area contributed by atoms with Gasteiger partial charge in [-0.3, -0.25) is 4.79 Å². The van der Waals surface area contributed by atoms with Crippen LogP contribution in [0.5, 0.6) is 0 Å². The zero-order valence-corrected chi connectivity index (χ0v) is 32.3. The summed E-state index contributed by atoms with van der Waals surface area (Å²) < 4.78 is 28.8. The van der Waals surface area contributed by atoms with Gasteiger partial charge in [0.25, 0.3) is 0 Å². The molecule has 3 heterocycles. The fraction of sp³-hybridized carbons (Fsp3) is 0.850. The van der Waals surface area contributed by atoms with Gasteiger partial charge in [-0.25, -0.2) is 4.79 Å². The molecule has 7 aliphatic rings. The van der Waals surface area contributed by atoms with Crippen LogP contribution >= 0.6 is 0 Å². The summed E-state index contributed by atoms with van der Waals surface area (Å²) in [5, 5.41) is 84.4. The Labute approximate surface area is 321 Å². The van der Waals surface area contributed by atoms with Gasteiger partial charge in [-0.2, -0.15) is 0 Å². The number of hydrogen-bond donors (Lipinski definition) is 8. The Hall–Kier alpha value is -1.86. The van der Waals surface area contributed by atoms with E-state index in [1.54, 1.807) is 6.92 Å². The van der Waals surface area contributed by atoms with Crippen LogP contribution in [-0.2, 0) is 33.3 Å². The van der Waals surface area contributed by atoms with E-state index in [1.165, 1.54) is 0 Å². The maximum atomic E-state index is 14.3. The Balaban J connectivity index is 1.02. The first-order valence-electron chi connectivity index (χ1n) is 19.9. The largest absolute Gasteiger partial charge is 0.456 e. The number of ether oxygens (including phenoxy) is 5. The molecule has 0 aromatic rings. The zero-order valence-electron chi connectivity index (χ0n) is 32.3. The molecule has 55 heavy (non-hydrogen) atoms. The first-order valence-corrected chi connectivity index (χ1v) is 19.9. The van der Waals surface area contributed by atoms with Crippen molar-refractivity contribution in [2.24, 2.45) is 34.5 Å². The van der Waals surface area contributed by atoms with Crippen LogP contribution in [0.15, 0.2) is 22.8 Å². The smallest absolute Gasteiger partial charge is 0.334 e. The molecular weight excluding hydrogens is 720 g/mol. The van der Waals surface area contributed by atoms with Gasteiger partial charge in [0.05, 0.1) is 24.7 Å². The summed E-state index contributed by atoms with van der Waals surface area (Å²) >= 11 is 0. The fourth-order valence-electron chi connectivity index (χ4n) is 11.7. The molecule has 310 valence electrons. The molecule has 4 aliphatic carbocycles. The van der Waals surface area contributed by atoms with Gasteiger partial charge in [0.2, 0.25) is 0 Å². The normalized spacial score (nSPS) is 50.0. The summed E-state index contributed by atoms with van der Waals surface area (Å²) in [6, 6.07) is 0. The van der Waals surface area contributed by atoms with Crippen LogP contribution < -0.4 is 0 Å². The number of aliphatic hydroxyl groups is 8. The molecule has 3 saturated carbocycles. The summed E-state index contributed by atoms with van der Waals surface area (Å²) in [5.41, 5.74) is 0.398. The minimum Gasteiger partial charge on any atom is -0.456 e. The number of carbonyl (C=O) groups excluding carboxylic acids is 2. The first-order chi connectivity index (χ1) is 25.8. The molecule has 1 unspecified atom stereocenters. The van der Waals surface area contributed by atoms with Gasteiger partial charge in [-0.15, -0.1) is 0 Å². The number of hydrogen-bond acceptors (Lipinski definition) is 15. The van der Waals surface area contributed by atoms with E-state index in [4.69, 9.17) is 23.7 Å². The van der Waals surface area contributed by atoms with Gasteiger partial charge in [0.15, 0.2) is 12.6 Å². The second-order valence-corrected chi connectivity index (χ2v) is 18.1. The van der Waals surface area contributed by atoms with Crippen molar-refractivity contribution in [3.05, 3.63) is 22.8 Å². The van der Waals surface area contributed by atoms with E-state index in [0.29, 0.717) is 18.4 Å². The molecule has 2 saturated heterocycles. The number of allylic oxidation sites excluding steroid dienone is 1. The molecule has 15 nitrogen and oxygen atoms in total. The molecule has 0 radical (unpaired) electrons. The summed E-state index contributed by atoms with van der Waals surface area (Å²) in [6.07, 6.45) is -9.42. The Bertz CT molecular complexity index is 1540. The number of cyclic esters (lactones) is 1. The Morgan fingerprint density at radius 3 is 2.16 bits per heavy atom. The Morgan fingerprint density at radius 2 is 1.49 bits per heavy atom. The summed E-state index contributed by atoms with van der Waals surface area (Å²) in [5.74, 6) is 0.188. The monoisotopic (exact) mass is 780 g/mol. The second kappa shape index (κ2) is 15.1. The van der Waals surface area contributed by atoms with Crippen LogP contribution in [0.2, 0.25) is 0 Å². The second-order valence-electron chi connectivity index (χ2n) is 18.1. The topological polar surface area (TPSA) is 242 Å². The standard InChI is InChI=1S/C40H60O15/c1-17-12-28(55-35(49)18(17)2)40(5,50)26-9-8-22-21-7-6-19-13-20(14-27(42)39(19,4)23(21)10-11-38(22,26)3)52-37-34(48)32(46)30(44)25(54-37)16-51-36-33(47)31(45)29(43)24(15-41)53-36/h6,20-26,28-34,36-37,41,43-48,50H,7-16H2,1-5H3/t20-,21+,22+,23+,24-,25-,26+,28?,29-,30-,31+,32+,33-,34-,36-,37-,38+,39+,40-/m1/s1. The van der Waals surface area contributed by atoms with Crippen LogP contribution in [0.3, 0.4) is 0 Å². The van der Waals surface area contributed by atoms with E-state index in [9.17, 15) is 50.4 Å². The average Bonchev–Trinajstić information content (AvgIpc) is 3.51. The number of fused-ring (bicyclic) bond motifs is 5. The molecule has 0 bridgehead atoms. The summed E-state index contributed by atoms with van der Waals surface area (Å²) in [6.45, 7) is 8.68. The highest BCUT2D eigenvalue weighted by atomic mass is 16.7. The van der Waals surface area contributed by atoms with Crippen LogP contribution in [-0.4, -0.2) is 145 Å². The molecular formula is C40H60O15. The number of Topliss-reactive ketones (excluding diaryl/α,β-unsaturated/α-hetero) is 1. The van der Waals surface area contributed by atoms with E-state index in [1.807, 2.05) is 20.8 Å². The lowest BCUT2D eigenvalue weighted by atomic mass is 9.46. The van der Waals surface area contributed by atoms with E-state index in [0.717, 1.165) is 43.3 Å². The maximum absolute atomic E-state index is 14.3. The SMILES string of the molecule is CC1=C(C)C(=O)OC([C@](C)(O)[C@H]2CC[C@H]3[C@@H]4CC=C5C[C@@H](O[C@@H]6O[C@H](CO[C@@H]7O[C@H](CO)[C@@H](O)[C@H](O)[C@H]7O)[C@@H](O)[C@H](O)[C@H]6O)CC(=O)[C@]5(C)[C@H]4CC[C@@]32C)C1. The molecule has 0 amide bonds. The molecule has 19 atom stereocenters. The van der Waals surface area contributed by atoms with Gasteiger partial charge < -0.3 is 64.5 Å². The van der Waals surface area contributed by atoms with Crippen LogP contribution in [0.25, 0.3) is 0 Å². The van der Waals surface area contributed by atoms with Crippen molar-refractivity contribution in [3.8, 4) is 0 Å². The number of esters is 1. The van der Waals surface area contributed by atoms with Crippen LogP contribution in [0, 0.1) is 34.5 Å². The molecule has 0 spiro atoms. The van der Waals surface area contributed by atoms with Crippen molar-refractivity contribution >= 4 is 11.8 Å². The average molecular weight is 781 g/mol. The third-order valence-corrected chi connectivity index (χ3v) is 15.2. The predicted octanol–water partition coefficient (Wildman–Crippen LogP) is 0.157. The van der Waals surface area contributed by atoms with Gasteiger partial charge in [0.1, 0.15) is 66.3 Å². The van der Waals surface area contributed by atoms with Crippen LogP contribution in [0.1, 0.15) is 86.0 Å². The molecule has 3 aliphatic heterocycles. The molecule has 5 fully saturated rings. The number of carbonyl (C=O) groups is 2. The minimum atomic E-state index is -1.70. The predicted molar refractivity (Wildman–Crippen MR) is 190 cm³/mol. The molecule has 0 aromatic heterocycles. The fourth-order valence-corrected chi connectivity index (χ4v) is 11.7. The quantitative estimate of drug-likeness (QED) is 0.121. The van der Waals surface area contributed by atoms with Crippen LogP contribution in [0.4, 0.5) is 0 Å². The molecule has 15 heteroatoms. The van der Waals surface area contributed by atoms with E-state index < -0.39 is 97.8 Å². The lowest BCUT2D eigenvalue weighted by Gasteiger charge is -2.58. The first kappa shape index (κ1) is 41.3. The van der Waals surface area contributed by atoms with Gasteiger partial charge in [-0.05, 0) is 95.3 Å². The van der Waals surface area contributed by atoms with Crippen molar-refractivity contribution in [1.82, 2.24) is 0 Å². The Morgan fingerprint density at radius 1 is 0.836 bits per heavy atom. The summed E-state index contributed by atoms with van der Waals surface area (Å²) in [7, 11) is 0. The molecule has 8 N–H and O–H groups in total. The number of ketones is 1. The van der Waals surface area contributed by atoms with Crippen molar-refractivity contribution in [1.29, 1.82) is 0 Å². The van der Waals surface area contributed by atoms with E-state index >= 15 is 0 Å². The van der Waals surface area contributed by atoms with Gasteiger partial charge in [0, 0.05) is 18.4 Å². The van der Waals surface area contributed by atoms with E-state index in [-0.39, 0.29) is 47.3 Å². The minimum absolute atomic E-state index is 0.0231. The zero-order chi connectivity index (χ0) is 39.9. The highest BCUT2D eigenvalue weighted by molar-refractivity contribution is 5.90. The lowest BCUT2D eigenvalue weighted by molar-refractivity contribution is -0.336. The van der Waals surface area contributed by atoms with Gasteiger partial charge in [-0.1, -0.05) is 24.1 Å². The third kappa shape index (κ3) is 6.77. The number of aliphatic hydroxyl groups excluding tert-OH is 7. The Kier molecular flexibility index (Phi) is 11.3. The third-order valence-electron chi connectivity index (χ3n) is 15.2.